The van der Waals surface area contributed by atoms with Crippen molar-refractivity contribution in [1.82, 2.24) is 10.6 Å². The fourth-order valence-electron chi connectivity index (χ4n) is 1.70. The number of hydrogen-bond donors (Lipinski definition) is 4. The van der Waals surface area contributed by atoms with Crippen molar-refractivity contribution >= 4 is 6.09 Å². The van der Waals surface area contributed by atoms with E-state index in [9.17, 15) is 15.0 Å². The molecule has 0 fully saturated rings. The van der Waals surface area contributed by atoms with Crippen LogP contribution in [0.25, 0.3) is 0 Å². The van der Waals surface area contributed by atoms with Crippen LogP contribution >= 0.6 is 0 Å². The summed E-state index contributed by atoms with van der Waals surface area (Å²) in [5.74, 6) is -0.271. The third-order valence-electron chi connectivity index (χ3n) is 2.63. The first-order valence-electron chi connectivity index (χ1n) is 6.89. The number of amides is 1. The van der Waals surface area contributed by atoms with Crippen molar-refractivity contribution in [2.24, 2.45) is 0 Å². The first-order chi connectivity index (χ1) is 9.69. The molecule has 1 amide bonds. The van der Waals surface area contributed by atoms with E-state index in [4.69, 9.17) is 4.74 Å². The van der Waals surface area contributed by atoms with Crippen LogP contribution in [0.4, 0.5) is 4.79 Å². The van der Waals surface area contributed by atoms with E-state index in [0.717, 1.165) is 0 Å². The molecule has 0 aliphatic rings. The molecule has 0 saturated heterocycles. The van der Waals surface area contributed by atoms with Gasteiger partial charge < -0.3 is 25.6 Å². The first-order valence-corrected chi connectivity index (χ1v) is 6.89. The number of alkyl carbamates (subject to hydrolysis) is 1. The summed E-state index contributed by atoms with van der Waals surface area (Å²) in [6.45, 7) is 8.16. The van der Waals surface area contributed by atoms with Crippen LogP contribution < -0.4 is 10.6 Å². The number of phenolic OH excluding ortho intramolecular Hbond substituents is 2. The third-order valence-corrected chi connectivity index (χ3v) is 2.63. The highest BCUT2D eigenvalue weighted by Crippen LogP contribution is 2.27. The van der Waals surface area contributed by atoms with E-state index in [1.807, 2.05) is 6.92 Å². The summed E-state index contributed by atoms with van der Waals surface area (Å²) in [7, 11) is 0. The van der Waals surface area contributed by atoms with Crippen LogP contribution in [0.5, 0.6) is 11.5 Å². The van der Waals surface area contributed by atoms with Gasteiger partial charge in [-0.15, -0.1) is 0 Å². The van der Waals surface area contributed by atoms with Crippen molar-refractivity contribution in [3.05, 3.63) is 23.8 Å². The molecule has 0 aliphatic carbocycles. The molecule has 0 heterocycles. The van der Waals surface area contributed by atoms with Crippen molar-refractivity contribution in [3.8, 4) is 11.5 Å². The predicted molar refractivity (Wildman–Crippen MR) is 80.3 cm³/mol. The summed E-state index contributed by atoms with van der Waals surface area (Å²) >= 11 is 0. The van der Waals surface area contributed by atoms with Gasteiger partial charge in [-0.1, -0.05) is 12.1 Å². The van der Waals surface area contributed by atoms with Crippen LogP contribution in [-0.4, -0.2) is 34.5 Å². The molecule has 1 rings (SSSR count). The molecule has 6 heteroatoms. The van der Waals surface area contributed by atoms with Crippen LogP contribution in [0.15, 0.2) is 18.2 Å². The number of carbonyl (C=O) groups is 1. The average Bonchev–Trinajstić information content (AvgIpc) is 2.32. The Balaban J connectivity index is 2.35. The van der Waals surface area contributed by atoms with Crippen molar-refractivity contribution < 1.29 is 19.7 Å². The zero-order valence-corrected chi connectivity index (χ0v) is 12.9. The Morgan fingerprint density at radius 1 is 1.33 bits per heavy atom. The van der Waals surface area contributed by atoms with E-state index >= 15 is 0 Å². The second-order valence-electron chi connectivity index (χ2n) is 5.96. The van der Waals surface area contributed by atoms with Gasteiger partial charge in [-0.05, 0) is 33.8 Å². The minimum absolute atomic E-state index is 0.126. The summed E-state index contributed by atoms with van der Waals surface area (Å²) in [6, 6.07) is 4.67. The highest BCUT2D eigenvalue weighted by atomic mass is 16.6. The summed E-state index contributed by atoms with van der Waals surface area (Å²) in [4.78, 5) is 11.6. The van der Waals surface area contributed by atoms with Gasteiger partial charge in [0.2, 0.25) is 0 Å². The maximum atomic E-state index is 11.6. The molecule has 0 spiro atoms. The smallest absolute Gasteiger partial charge is 0.407 e. The van der Waals surface area contributed by atoms with Gasteiger partial charge in [-0.2, -0.15) is 0 Å². The van der Waals surface area contributed by atoms with Crippen LogP contribution in [0, 0.1) is 0 Å². The molecule has 1 aromatic carbocycles. The van der Waals surface area contributed by atoms with Crippen molar-refractivity contribution in [3.63, 3.8) is 0 Å². The Morgan fingerprint density at radius 3 is 2.62 bits per heavy atom. The quantitative estimate of drug-likeness (QED) is 0.625. The number of nitrogens with one attached hydrogen (secondary N) is 2. The van der Waals surface area contributed by atoms with Crippen LogP contribution in [0.2, 0.25) is 0 Å². The van der Waals surface area contributed by atoms with Gasteiger partial charge in [0, 0.05) is 24.7 Å². The molecule has 1 unspecified atom stereocenters. The number of carbonyl (C=O) groups excluding carboxylic acids is 1. The lowest BCUT2D eigenvalue weighted by Gasteiger charge is -2.22. The zero-order valence-electron chi connectivity index (χ0n) is 12.9. The number of benzene rings is 1. The van der Waals surface area contributed by atoms with E-state index in [0.29, 0.717) is 18.7 Å². The minimum Gasteiger partial charge on any atom is -0.504 e. The second kappa shape index (κ2) is 7.17. The molecule has 0 aromatic heterocycles. The lowest BCUT2D eigenvalue weighted by molar-refractivity contribution is 0.0508. The maximum absolute atomic E-state index is 11.6. The lowest BCUT2D eigenvalue weighted by Crippen LogP contribution is -2.42. The summed E-state index contributed by atoms with van der Waals surface area (Å²) in [5, 5.41) is 24.8. The molecule has 6 nitrogen and oxygen atoms in total. The number of rotatable bonds is 5. The second-order valence-corrected chi connectivity index (χ2v) is 5.96. The molecule has 1 aromatic rings. The molecule has 21 heavy (non-hydrogen) atoms. The summed E-state index contributed by atoms with van der Waals surface area (Å²) in [6.07, 6.45) is -0.461. The van der Waals surface area contributed by atoms with E-state index in [1.54, 1.807) is 32.9 Å². The van der Waals surface area contributed by atoms with Gasteiger partial charge in [0.15, 0.2) is 11.5 Å². The van der Waals surface area contributed by atoms with Crippen molar-refractivity contribution in [2.45, 2.75) is 45.9 Å². The van der Waals surface area contributed by atoms with Gasteiger partial charge in [-0.3, -0.25) is 0 Å². The Kier molecular flexibility index (Phi) is 5.84. The van der Waals surface area contributed by atoms with E-state index in [-0.39, 0.29) is 17.5 Å². The fourth-order valence-corrected chi connectivity index (χ4v) is 1.70. The molecule has 0 radical (unpaired) electrons. The lowest BCUT2D eigenvalue weighted by atomic mass is 10.2. The molecular weight excluding hydrogens is 272 g/mol. The van der Waals surface area contributed by atoms with E-state index in [2.05, 4.69) is 10.6 Å². The molecule has 0 saturated carbocycles. The van der Waals surface area contributed by atoms with Gasteiger partial charge >= 0.3 is 6.09 Å². The Morgan fingerprint density at radius 2 is 2.00 bits per heavy atom. The molecule has 1 atom stereocenters. The molecule has 0 bridgehead atoms. The van der Waals surface area contributed by atoms with Gasteiger partial charge in [0.25, 0.3) is 0 Å². The predicted octanol–water partition coefficient (Wildman–Crippen LogP) is 2.10. The fraction of sp³-hybridized carbons (Fsp3) is 0.533. The normalized spacial score (nSPS) is 12.8. The average molecular weight is 296 g/mol. The summed E-state index contributed by atoms with van der Waals surface area (Å²) < 4.78 is 5.16. The number of hydrogen-bond acceptors (Lipinski definition) is 5. The van der Waals surface area contributed by atoms with Crippen LogP contribution in [-0.2, 0) is 11.3 Å². The minimum atomic E-state index is -0.523. The molecule has 0 aliphatic heterocycles. The Hall–Kier alpha value is -1.95. The van der Waals surface area contributed by atoms with Crippen molar-refractivity contribution in [1.29, 1.82) is 0 Å². The van der Waals surface area contributed by atoms with Gasteiger partial charge in [0.1, 0.15) is 5.60 Å². The summed E-state index contributed by atoms with van der Waals surface area (Å²) in [5.41, 5.74) is 0.0735. The Labute approximate surface area is 125 Å². The molecular formula is C15H24N2O4. The number of ether oxygens (including phenoxy) is 1. The first kappa shape index (κ1) is 17.1. The standard InChI is InChI=1S/C15H24N2O4/c1-10(17-14(20)21-15(2,3)4)8-16-9-11-6-5-7-12(18)13(11)19/h5-7,10,16,18-19H,8-9H2,1-4H3,(H,17,20). The number of aromatic hydroxyl groups is 2. The van der Waals surface area contributed by atoms with E-state index < -0.39 is 11.7 Å². The van der Waals surface area contributed by atoms with Gasteiger partial charge in [0.05, 0.1) is 0 Å². The Bertz CT molecular complexity index is 483. The highest BCUT2D eigenvalue weighted by molar-refractivity contribution is 5.68. The zero-order chi connectivity index (χ0) is 16.0. The van der Waals surface area contributed by atoms with Crippen LogP contribution in [0.1, 0.15) is 33.3 Å². The molecule has 118 valence electrons. The van der Waals surface area contributed by atoms with E-state index in [1.165, 1.54) is 6.07 Å². The largest absolute Gasteiger partial charge is 0.504 e. The number of phenols is 2. The monoisotopic (exact) mass is 296 g/mol. The maximum Gasteiger partial charge on any atom is 0.407 e. The van der Waals surface area contributed by atoms with Crippen molar-refractivity contribution in [2.75, 3.05) is 6.54 Å². The van der Waals surface area contributed by atoms with Crippen LogP contribution in [0.3, 0.4) is 0 Å². The molecule has 4 N–H and O–H groups in total. The topological polar surface area (TPSA) is 90.8 Å². The SMILES string of the molecule is CC(CNCc1cccc(O)c1O)NC(=O)OC(C)(C)C. The third kappa shape index (κ3) is 6.35. The number of para-hydroxylation sites is 1. The highest BCUT2D eigenvalue weighted by Gasteiger charge is 2.17. The van der Waals surface area contributed by atoms with Gasteiger partial charge in [-0.25, -0.2) is 4.79 Å².